The Morgan fingerprint density at radius 1 is 1.00 bits per heavy atom. The van der Waals surface area contributed by atoms with Crippen LogP contribution in [-0.2, 0) is 9.53 Å². The molecular weight excluding hydrogens is 472 g/mol. The highest BCUT2D eigenvalue weighted by Gasteiger charge is 2.37. The first-order valence-electron chi connectivity index (χ1n) is 12.0. The van der Waals surface area contributed by atoms with Gasteiger partial charge in [0.15, 0.2) is 0 Å². The van der Waals surface area contributed by atoms with Gasteiger partial charge in [0.05, 0.1) is 30.9 Å². The van der Waals surface area contributed by atoms with E-state index in [0.29, 0.717) is 34.9 Å². The molecule has 0 spiro atoms. The average Bonchev–Trinajstić information content (AvgIpc) is 3.51. The fourth-order valence-corrected chi connectivity index (χ4v) is 4.34. The van der Waals surface area contributed by atoms with Crippen molar-refractivity contribution in [2.75, 3.05) is 25.6 Å². The van der Waals surface area contributed by atoms with Gasteiger partial charge in [-0.25, -0.2) is 0 Å². The zero-order chi connectivity index (χ0) is 25.8. The first-order chi connectivity index (χ1) is 18.0. The van der Waals surface area contributed by atoms with Crippen LogP contribution >= 0.6 is 0 Å². The van der Waals surface area contributed by atoms with Crippen molar-refractivity contribution < 1.29 is 28.6 Å². The zero-order valence-electron chi connectivity index (χ0n) is 20.3. The van der Waals surface area contributed by atoms with Gasteiger partial charge in [-0.2, -0.15) is 0 Å². The molecule has 8 heteroatoms. The smallest absolute Gasteiger partial charge is 0.261 e. The predicted molar refractivity (Wildman–Crippen MR) is 138 cm³/mol. The van der Waals surface area contributed by atoms with Crippen molar-refractivity contribution in [1.82, 2.24) is 4.90 Å². The van der Waals surface area contributed by atoms with Gasteiger partial charge in [-0.3, -0.25) is 19.3 Å². The lowest BCUT2D eigenvalue weighted by Gasteiger charge is -2.17. The van der Waals surface area contributed by atoms with E-state index >= 15 is 0 Å². The number of benzene rings is 3. The number of hydrogen-bond acceptors (Lipinski definition) is 6. The second kappa shape index (κ2) is 10.7. The summed E-state index contributed by atoms with van der Waals surface area (Å²) in [4.78, 5) is 39.3. The second-order valence-corrected chi connectivity index (χ2v) is 8.79. The summed E-state index contributed by atoms with van der Waals surface area (Å²) in [6.07, 6.45) is 4.82. The van der Waals surface area contributed by atoms with Gasteiger partial charge in [0.2, 0.25) is 5.91 Å². The number of nitrogens with one attached hydrogen (secondary N) is 1. The highest BCUT2D eigenvalue weighted by Crippen LogP contribution is 2.31. The molecule has 0 saturated carbocycles. The van der Waals surface area contributed by atoms with Crippen LogP contribution in [0.2, 0.25) is 0 Å². The minimum absolute atomic E-state index is 0.109. The predicted octanol–water partition coefficient (Wildman–Crippen LogP) is 4.91. The van der Waals surface area contributed by atoms with Crippen LogP contribution in [0.4, 0.5) is 5.69 Å². The van der Waals surface area contributed by atoms with Gasteiger partial charge < -0.3 is 19.5 Å². The van der Waals surface area contributed by atoms with E-state index in [2.05, 4.69) is 5.32 Å². The molecule has 3 aromatic carbocycles. The molecule has 0 bridgehead atoms. The van der Waals surface area contributed by atoms with Crippen molar-refractivity contribution in [3.63, 3.8) is 0 Å². The van der Waals surface area contributed by atoms with E-state index in [4.69, 9.17) is 14.2 Å². The van der Waals surface area contributed by atoms with Crippen molar-refractivity contribution in [2.24, 2.45) is 0 Å². The Morgan fingerprint density at radius 3 is 2.51 bits per heavy atom. The fraction of sp³-hybridized carbons (Fsp3) is 0.207. The van der Waals surface area contributed by atoms with Gasteiger partial charge in [0.25, 0.3) is 11.8 Å². The number of carbonyl (C=O) groups excluding carboxylic acids is 3. The average molecular weight is 499 g/mol. The number of carbonyl (C=O) groups is 3. The van der Waals surface area contributed by atoms with Crippen molar-refractivity contribution in [3.05, 3.63) is 89.5 Å². The lowest BCUT2D eigenvalue weighted by Crippen LogP contribution is -2.36. The van der Waals surface area contributed by atoms with Gasteiger partial charge in [0, 0.05) is 24.4 Å². The first-order valence-corrected chi connectivity index (χ1v) is 12.0. The molecule has 1 saturated heterocycles. The number of rotatable bonds is 8. The van der Waals surface area contributed by atoms with E-state index in [1.165, 1.54) is 11.0 Å². The summed E-state index contributed by atoms with van der Waals surface area (Å²) in [6.45, 7) is 0.918. The second-order valence-electron chi connectivity index (χ2n) is 8.79. The summed E-state index contributed by atoms with van der Waals surface area (Å²) in [6, 6.07) is 19.1. The van der Waals surface area contributed by atoms with Crippen molar-refractivity contribution in [2.45, 2.75) is 18.9 Å². The zero-order valence-corrected chi connectivity index (χ0v) is 20.3. The summed E-state index contributed by atoms with van der Waals surface area (Å²) in [7, 11) is 1.60. The number of amides is 3. The first kappa shape index (κ1) is 24.3. The molecule has 0 radical (unpaired) electrons. The fourth-order valence-electron chi connectivity index (χ4n) is 4.34. The lowest BCUT2D eigenvalue weighted by molar-refractivity contribution is -0.111. The molecule has 1 unspecified atom stereocenters. The Morgan fingerprint density at radius 2 is 1.76 bits per heavy atom. The van der Waals surface area contributed by atoms with E-state index in [1.54, 1.807) is 55.7 Å². The third-order valence-electron chi connectivity index (χ3n) is 6.23. The van der Waals surface area contributed by atoms with Crippen LogP contribution in [0.1, 0.15) is 39.1 Å². The molecule has 2 heterocycles. The normalized spacial score (nSPS) is 16.8. The molecule has 2 aliphatic rings. The van der Waals surface area contributed by atoms with E-state index in [0.717, 1.165) is 24.2 Å². The molecule has 3 aromatic rings. The third kappa shape index (κ3) is 5.54. The molecule has 2 aliphatic heterocycles. The van der Waals surface area contributed by atoms with Crippen molar-refractivity contribution in [3.8, 4) is 17.2 Å². The molecular formula is C29H26N2O6. The highest BCUT2D eigenvalue weighted by atomic mass is 16.5. The number of ether oxygens (including phenoxy) is 3. The third-order valence-corrected chi connectivity index (χ3v) is 6.23. The molecule has 8 nitrogen and oxygen atoms in total. The van der Waals surface area contributed by atoms with Crippen LogP contribution in [0.3, 0.4) is 0 Å². The van der Waals surface area contributed by atoms with Gasteiger partial charge in [-0.05, 0) is 66.9 Å². The molecule has 0 aliphatic carbocycles. The summed E-state index contributed by atoms with van der Waals surface area (Å²) in [5.41, 5.74) is 2.10. The lowest BCUT2D eigenvalue weighted by atomic mass is 10.1. The molecule has 37 heavy (non-hydrogen) atoms. The van der Waals surface area contributed by atoms with E-state index < -0.39 is 0 Å². The van der Waals surface area contributed by atoms with Crippen molar-refractivity contribution >= 4 is 29.5 Å². The standard InChI is InChI=1S/C29H26N2O6/c1-35-21-10-7-19(8-11-21)9-14-27(32)30-20-4-2-5-22(16-20)37-23-12-13-25-26(17-23)29(34)31(28(25)33)18-24-6-3-15-36-24/h2,4-5,7-14,16-17,24H,3,6,15,18H2,1H3,(H,30,32)/b14-9+. The molecule has 0 aromatic heterocycles. The Balaban J connectivity index is 1.23. The Bertz CT molecular complexity index is 1360. The monoisotopic (exact) mass is 498 g/mol. The number of anilines is 1. The summed E-state index contributed by atoms with van der Waals surface area (Å²) < 4.78 is 16.7. The summed E-state index contributed by atoms with van der Waals surface area (Å²) in [5.74, 6) is 0.696. The summed E-state index contributed by atoms with van der Waals surface area (Å²) >= 11 is 0. The van der Waals surface area contributed by atoms with Crippen LogP contribution in [0.25, 0.3) is 6.08 Å². The van der Waals surface area contributed by atoms with Crippen molar-refractivity contribution in [1.29, 1.82) is 0 Å². The van der Waals surface area contributed by atoms with E-state index in [-0.39, 0.29) is 30.4 Å². The molecule has 5 rings (SSSR count). The molecule has 1 fully saturated rings. The summed E-state index contributed by atoms with van der Waals surface area (Å²) in [5, 5.41) is 2.81. The molecule has 1 atom stereocenters. The van der Waals surface area contributed by atoms with Crippen LogP contribution in [0.5, 0.6) is 17.2 Å². The van der Waals surface area contributed by atoms with Gasteiger partial charge in [-0.1, -0.05) is 18.2 Å². The number of methoxy groups -OCH3 is 1. The Kier molecular flexibility index (Phi) is 7.00. The minimum atomic E-state index is -0.342. The minimum Gasteiger partial charge on any atom is -0.497 e. The topological polar surface area (TPSA) is 94.2 Å². The quantitative estimate of drug-likeness (QED) is 0.350. The number of imide groups is 1. The maximum absolute atomic E-state index is 12.9. The van der Waals surface area contributed by atoms with Crippen LogP contribution in [0.15, 0.2) is 72.8 Å². The van der Waals surface area contributed by atoms with Crippen LogP contribution < -0.4 is 14.8 Å². The number of fused-ring (bicyclic) bond motifs is 1. The number of nitrogens with zero attached hydrogens (tertiary/aromatic N) is 1. The Labute approximate surface area is 214 Å². The largest absolute Gasteiger partial charge is 0.497 e. The van der Waals surface area contributed by atoms with E-state index in [1.807, 2.05) is 24.3 Å². The maximum Gasteiger partial charge on any atom is 0.261 e. The van der Waals surface area contributed by atoms with Gasteiger partial charge >= 0.3 is 0 Å². The van der Waals surface area contributed by atoms with Crippen LogP contribution in [-0.4, -0.2) is 49.0 Å². The van der Waals surface area contributed by atoms with Gasteiger partial charge in [-0.15, -0.1) is 0 Å². The Hall–Kier alpha value is -4.43. The molecule has 188 valence electrons. The number of hydrogen-bond donors (Lipinski definition) is 1. The van der Waals surface area contributed by atoms with Crippen LogP contribution in [0, 0.1) is 0 Å². The molecule has 3 amide bonds. The van der Waals surface area contributed by atoms with E-state index in [9.17, 15) is 14.4 Å². The van der Waals surface area contributed by atoms with Gasteiger partial charge in [0.1, 0.15) is 17.2 Å². The maximum atomic E-state index is 12.9. The molecule has 1 N–H and O–H groups in total. The SMILES string of the molecule is COc1ccc(/C=C/C(=O)Nc2cccc(Oc3ccc4c(c3)C(=O)N(CC3CCCO3)C4=O)c2)cc1. The highest BCUT2D eigenvalue weighted by molar-refractivity contribution is 6.21.